The van der Waals surface area contributed by atoms with Crippen LogP contribution in [-0.4, -0.2) is 34.6 Å². The van der Waals surface area contributed by atoms with Crippen LogP contribution in [0.25, 0.3) is 0 Å². The van der Waals surface area contributed by atoms with Crippen LogP contribution < -0.4 is 10.1 Å². The number of carbonyl (C=O) groups is 2. The van der Waals surface area contributed by atoms with Gasteiger partial charge in [-0.15, -0.1) is 13.2 Å². The van der Waals surface area contributed by atoms with Crippen molar-refractivity contribution in [3.63, 3.8) is 0 Å². The molecule has 6 nitrogen and oxygen atoms in total. The highest BCUT2D eigenvalue weighted by Crippen LogP contribution is 2.38. The van der Waals surface area contributed by atoms with Gasteiger partial charge in [-0.2, -0.15) is 0 Å². The summed E-state index contributed by atoms with van der Waals surface area (Å²) in [6.07, 6.45) is -2.68. The predicted octanol–water partition coefficient (Wildman–Crippen LogP) is 4.69. The molecule has 2 amide bonds. The van der Waals surface area contributed by atoms with Crippen LogP contribution in [0.1, 0.15) is 33.2 Å². The first-order valence-electron chi connectivity index (χ1n) is 10.3. The molecule has 0 spiro atoms. The van der Waals surface area contributed by atoms with Crippen molar-refractivity contribution in [2.24, 2.45) is 0 Å². The van der Waals surface area contributed by atoms with Crippen molar-refractivity contribution < 1.29 is 27.5 Å². The summed E-state index contributed by atoms with van der Waals surface area (Å²) in [5.74, 6) is -1.11. The molecule has 0 bridgehead atoms. The van der Waals surface area contributed by atoms with Crippen molar-refractivity contribution in [3.05, 3.63) is 94.3 Å². The Morgan fingerprint density at radius 3 is 2.53 bits per heavy atom. The van der Waals surface area contributed by atoms with Crippen LogP contribution in [0.5, 0.6) is 5.75 Å². The molecule has 1 unspecified atom stereocenters. The van der Waals surface area contributed by atoms with E-state index in [-0.39, 0.29) is 24.7 Å². The molecule has 0 radical (unpaired) electrons. The molecule has 4 rings (SSSR count). The van der Waals surface area contributed by atoms with Gasteiger partial charge in [-0.25, -0.2) is 0 Å². The second kappa shape index (κ2) is 9.72. The number of fused-ring (bicyclic) bond motifs is 1. The molecule has 0 saturated heterocycles. The van der Waals surface area contributed by atoms with Gasteiger partial charge in [0.25, 0.3) is 5.91 Å². The zero-order valence-electron chi connectivity index (χ0n) is 17.7. The van der Waals surface area contributed by atoms with Crippen LogP contribution in [0.2, 0.25) is 5.02 Å². The summed E-state index contributed by atoms with van der Waals surface area (Å²) in [5, 5.41) is 3.06. The predicted molar refractivity (Wildman–Crippen MR) is 118 cm³/mol. The maximum Gasteiger partial charge on any atom is 0.573 e. The van der Waals surface area contributed by atoms with Crippen molar-refractivity contribution in [1.82, 2.24) is 15.2 Å². The van der Waals surface area contributed by atoms with Crippen molar-refractivity contribution in [3.8, 4) is 5.75 Å². The lowest BCUT2D eigenvalue weighted by Gasteiger charge is -2.25. The number of carbonyl (C=O) groups excluding carboxylic acids is 2. The molecule has 1 aliphatic heterocycles. The number of hydrogen-bond donors (Lipinski definition) is 1. The first kappa shape index (κ1) is 23.6. The molecule has 1 aromatic heterocycles. The van der Waals surface area contributed by atoms with Crippen molar-refractivity contribution >= 4 is 23.4 Å². The smallest absolute Gasteiger partial charge is 0.406 e. The highest BCUT2D eigenvalue weighted by molar-refractivity contribution is 6.32. The molecule has 2 aromatic carbocycles. The van der Waals surface area contributed by atoms with Crippen LogP contribution >= 0.6 is 11.6 Å². The fourth-order valence-electron chi connectivity index (χ4n) is 3.81. The Hall–Kier alpha value is -3.59. The Bertz CT molecular complexity index is 1190. The summed E-state index contributed by atoms with van der Waals surface area (Å²) in [5.41, 5.74) is 2.13. The molecule has 0 saturated carbocycles. The monoisotopic (exact) mass is 489 g/mol. The number of nitrogens with one attached hydrogen (secondary N) is 1. The Kier molecular flexibility index (Phi) is 6.74. The maximum atomic E-state index is 13.2. The van der Waals surface area contributed by atoms with E-state index >= 15 is 0 Å². The molecule has 0 fully saturated rings. The third kappa shape index (κ3) is 5.31. The van der Waals surface area contributed by atoms with E-state index in [1.165, 1.54) is 29.2 Å². The molecule has 3 aromatic rings. The van der Waals surface area contributed by atoms with E-state index in [1.54, 1.807) is 30.5 Å². The normalized spacial score (nSPS) is 15.2. The second-order valence-corrected chi connectivity index (χ2v) is 7.99. The molecule has 1 aliphatic rings. The first-order chi connectivity index (χ1) is 16.2. The SMILES string of the molecule is O=C(NCc1ccc(OC(F)(F)F)cc1)C1c2c(Cl)cccc2C(=O)N1CCc1ccccn1. The minimum absolute atomic E-state index is 0.0453. The number of alkyl halides is 3. The van der Waals surface area contributed by atoms with Gasteiger partial charge >= 0.3 is 6.36 Å². The minimum atomic E-state index is -4.78. The Morgan fingerprint density at radius 2 is 1.85 bits per heavy atom. The number of benzene rings is 2. The van der Waals surface area contributed by atoms with E-state index < -0.39 is 18.3 Å². The molecule has 2 heterocycles. The zero-order valence-corrected chi connectivity index (χ0v) is 18.4. The number of halogens is 4. The maximum absolute atomic E-state index is 13.2. The van der Waals surface area contributed by atoms with Gasteiger partial charge < -0.3 is 15.0 Å². The van der Waals surface area contributed by atoms with Gasteiger partial charge in [-0.05, 0) is 42.0 Å². The van der Waals surface area contributed by atoms with Crippen molar-refractivity contribution in [2.75, 3.05) is 6.54 Å². The van der Waals surface area contributed by atoms with Crippen LogP contribution in [0.4, 0.5) is 13.2 Å². The lowest BCUT2D eigenvalue weighted by atomic mass is 10.0. The molecule has 34 heavy (non-hydrogen) atoms. The Labute approximate surface area is 198 Å². The Morgan fingerprint density at radius 1 is 1.09 bits per heavy atom. The summed E-state index contributed by atoms with van der Waals surface area (Å²) in [6.45, 7) is 0.298. The average molecular weight is 490 g/mol. The fourth-order valence-corrected chi connectivity index (χ4v) is 4.09. The molecular weight excluding hydrogens is 471 g/mol. The first-order valence-corrected chi connectivity index (χ1v) is 10.7. The standard InChI is InChI=1S/C24H19ClF3N3O3/c25-19-6-3-5-18-20(19)21(31(23(18)33)13-11-16-4-1-2-12-29-16)22(32)30-14-15-7-9-17(10-8-15)34-24(26,27)28/h1-10,12,21H,11,13-14H2,(H,30,32). The topological polar surface area (TPSA) is 71.5 Å². The summed E-state index contributed by atoms with van der Waals surface area (Å²) in [4.78, 5) is 32.0. The summed E-state index contributed by atoms with van der Waals surface area (Å²) < 4.78 is 40.9. The lowest BCUT2D eigenvalue weighted by Crippen LogP contribution is -2.40. The molecule has 1 atom stereocenters. The average Bonchev–Trinajstić information content (AvgIpc) is 3.09. The van der Waals surface area contributed by atoms with Crippen molar-refractivity contribution in [1.29, 1.82) is 0 Å². The molecule has 1 N–H and O–H groups in total. The van der Waals surface area contributed by atoms with Gasteiger partial charge in [0.05, 0.1) is 0 Å². The van der Waals surface area contributed by atoms with Gasteiger partial charge in [0.2, 0.25) is 5.91 Å². The van der Waals surface area contributed by atoms with Crippen LogP contribution in [0.3, 0.4) is 0 Å². The van der Waals surface area contributed by atoms with Gasteiger partial charge in [-0.3, -0.25) is 14.6 Å². The van der Waals surface area contributed by atoms with E-state index in [0.717, 1.165) is 5.69 Å². The number of hydrogen-bond acceptors (Lipinski definition) is 4. The van der Waals surface area contributed by atoms with E-state index in [1.807, 2.05) is 12.1 Å². The summed E-state index contributed by atoms with van der Waals surface area (Å²) in [7, 11) is 0. The highest BCUT2D eigenvalue weighted by Gasteiger charge is 2.42. The number of nitrogens with zero attached hydrogens (tertiary/aromatic N) is 2. The zero-order chi connectivity index (χ0) is 24.3. The van der Waals surface area contributed by atoms with Crippen molar-refractivity contribution in [2.45, 2.75) is 25.4 Å². The van der Waals surface area contributed by atoms with Gasteiger partial charge in [-0.1, -0.05) is 35.9 Å². The minimum Gasteiger partial charge on any atom is -0.406 e. The third-order valence-corrected chi connectivity index (χ3v) is 5.67. The fraction of sp³-hybridized carbons (Fsp3) is 0.208. The third-order valence-electron chi connectivity index (χ3n) is 5.34. The van der Waals surface area contributed by atoms with Crippen LogP contribution in [-0.2, 0) is 17.8 Å². The van der Waals surface area contributed by atoms with E-state index in [4.69, 9.17) is 11.6 Å². The summed E-state index contributed by atoms with van der Waals surface area (Å²) >= 11 is 6.37. The number of ether oxygens (including phenoxy) is 1. The number of pyridine rings is 1. The van der Waals surface area contributed by atoms with E-state index in [2.05, 4.69) is 15.0 Å². The van der Waals surface area contributed by atoms with Crippen LogP contribution in [0, 0.1) is 0 Å². The molecule has 0 aliphatic carbocycles. The largest absolute Gasteiger partial charge is 0.573 e. The lowest BCUT2D eigenvalue weighted by molar-refractivity contribution is -0.274. The number of aromatic nitrogens is 1. The van der Waals surface area contributed by atoms with Crippen LogP contribution in [0.15, 0.2) is 66.9 Å². The second-order valence-electron chi connectivity index (χ2n) is 7.58. The molecule has 10 heteroatoms. The van der Waals surface area contributed by atoms with Gasteiger partial charge in [0.15, 0.2) is 0 Å². The quantitative estimate of drug-likeness (QED) is 0.522. The number of rotatable bonds is 7. The molecular formula is C24H19ClF3N3O3. The summed E-state index contributed by atoms with van der Waals surface area (Å²) in [6, 6.07) is 14.6. The number of amides is 2. The van der Waals surface area contributed by atoms with Gasteiger partial charge in [0, 0.05) is 47.6 Å². The van der Waals surface area contributed by atoms with Gasteiger partial charge in [0.1, 0.15) is 11.8 Å². The van der Waals surface area contributed by atoms with E-state index in [0.29, 0.717) is 28.1 Å². The highest BCUT2D eigenvalue weighted by atomic mass is 35.5. The Balaban J connectivity index is 1.50. The van der Waals surface area contributed by atoms with E-state index in [9.17, 15) is 22.8 Å². The molecule has 176 valence electrons.